The summed E-state index contributed by atoms with van der Waals surface area (Å²) in [7, 11) is 0. The maximum Gasteiger partial charge on any atom is 0.312 e. The molecule has 0 aliphatic carbocycles. The third-order valence-corrected chi connectivity index (χ3v) is 5.48. The van der Waals surface area contributed by atoms with E-state index in [-0.39, 0.29) is 17.6 Å². The second kappa shape index (κ2) is 11.7. The molecule has 12 nitrogen and oxygen atoms in total. The van der Waals surface area contributed by atoms with Gasteiger partial charge in [0, 0.05) is 30.2 Å². The predicted molar refractivity (Wildman–Crippen MR) is 113 cm³/mol. The Hall–Kier alpha value is -1.38. The van der Waals surface area contributed by atoms with Gasteiger partial charge in [-0.2, -0.15) is 0 Å². The normalized spacial score (nSPS) is 23.0. The minimum absolute atomic E-state index is 0.272. The Bertz CT molecular complexity index is 615. The Morgan fingerprint density at radius 1 is 0.938 bits per heavy atom. The standard InChI is InChI=1S/C20H39N3O9/c1-19(2)5-11(6-20(3,4)22-19)23(8-12(26)9-24)18(32)17(31)21-7-13(27)15(29)16(30)14(28)10-25/h11-16,22,24-30H,5-10H2,1-4H3,(H,21,31). The van der Waals surface area contributed by atoms with E-state index in [4.69, 9.17) is 5.11 Å². The number of hydrogen-bond acceptors (Lipinski definition) is 10. The van der Waals surface area contributed by atoms with Crippen LogP contribution >= 0.6 is 0 Å². The summed E-state index contributed by atoms with van der Waals surface area (Å²) in [6.07, 6.45) is -7.45. The summed E-state index contributed by atoms with van der Waals surface area (Å²) >= 11 is 0. The molecule has 0 bridgehead atoms. The van der Waals surface area contributed by atoms with Crippen molar-refractivity contribution >= 4 is 11.8 Å². The van der Waals surface area contributed by atoms with Gasteiger partial charge in [-0.3, -0.25) is 9.59 Å². The lowest BCUT2D eigenvalue weighted by atomic mass is 9.79. The first-order chi connectivity index (χ1) is 14.6. The maximum atomic E-state index is 12.9. The van der Waals surface area contributed by atoms with Gasteiger partial charge < -0.3 is 51.3 Å². The molecule has 1 rings (SSSR count). The SMILES string of the molecule is CC1(C)CC(N(CC(O)CO)C(=O)C(=O)NCC(O)C(O)C(O)C(O)CO)CC(C)(C)N1. The molecule has 1 heterocycles. The molecule has 32 heavy (non-hydrogen) atoms. The summed E-state index contributed by atoms with van der Waals surface area (Å²) in [4.78, 5) is 26.6. The molecular weight excluding hydrogens is 426 g/mol. The summed E-state index contributed by atoms with van der Waals surface area (Å²) in [5.74, 6) is -2.08. The van der Waals surface area contributed by atoms with E-state index in [1.165, 1.54) is 4.90 Å². The third-order valence-electron chi connectivity index (χ3n) is 5.48. The van der Waals surface area contributed by atoms with Gasteiger partial charge >= 0.3 is 11.8 Å². The molecule has 1 aliphatic rings. The molecule has 0 saturated carbocycles. The zero-order valence-corrected chi connectivity index (χ0v) is 19.1. The molecule has 1 aliphatic heterocycles. The first-order valence-electron chi connectivity index (χ1n) is 10.6. The van der Waals surface area contributed by atoms with Gasteiger partial charge in [0.25, 0.3) is 0 Å². The van der Waals surface area contributed by atoms with Gasteiger partial charge in [0.2, 0.25) is 0 Å². The summed E-state index contributed by atoms with van der Waals surface area (Å²) < 4.78 is 0. The van der Waals surface area contributed by atoms with Gasteiger partial charge in [0.1, 0.15) is 18.3 Å². The number of hydrogen-bond donors (Lipinski definition) is 9. The van der Waals surface area contributed by atoms with E-state index >= 15 is 0 Å². The second-order valence-electron chi connectivity index (χ2n) is 9.76. The third kappa shape index (κ3) is 8.19. The lowest BCUT2D eigenvalue weighted by molar-refractivity contribution is -0.151. The first-order valence-corrected chi connectivity index (χ1v) is 10.6. The van der Waals surface area contributed by atoms with E-state index in [1.807, 2.05) is 27.7 Å². The Labute approximate surface area is 187 Å². The number of carbonyl (C=O) groups excluding carboxylic acids is 2. The van der Waals surface area contributed by atoms with Gasteiger partial charge in [-0.15, -0.1) is 0 Å². The van der Waals surface area contributed by atoms with Crippen molar-refractivity contribution in [3.8, 4) is 0 Å². The average Bonchev–Trinajstić information content (AvgIpc) is 2.70. The number of rotatable bonds is 10. The van der Waals surface area contributed by atoms with Crippen molar-refractivity contribution < 1.29 is 45.3 Å². The van der Waals surface area contributed by atoms with Crippen molar-refractivity contribution in [3.05, 3.63) is 0 Å². The van der Waals surface area contributed by atoms with E-state index in [9.17, 15) is 40.2 Å². The van der Waals surface area contributed by atoms with Crippen molar-refractivity contribution in [2.75, 3.05) is 26.3 Å². The van der Waals surface area contributed by atoms with Crippen LogP contribution in [0.2, 0.25) is 0 Å². The molecule has 12 heteroatoms. The molecule has 2 amide bonds. The number of nitrogens with zero attached hydrogens (tertiary/aromatic N) is 1. The molecule has 188 valence electrons. The number of nitrogens with one attached hydrogen (secondary N) is 2. The van der Waals surface area contributed by atoms with Crippen LogP contribution < -0.4 is 10.6 Å². The van der Waals surface area contributed by atoms with Crippen LogP contribution in [-0.2, 0) is 9.59 Å². The molecule has 0 spiro atoms. The van der Waals surface area contributed by atoms with Crippen LogP contribution in [0.1, 0.15) is 40.5 Å². The summed E-state index contributed by atoms with van der Waals surface area (Å²) in [6.45, 7) is 5.49. The van der Waals surface area contributed by atoms with Gasteiger partial charge in [-0.05, 0) is 40.5 Å². The van der Waals surface area contributed by atoms with Crippen molar-refractivity contribution in [2.45, 2.75) is 88.2 Å². The monoisotopic (exact) mass is 465 g/mol. The predicted octanol–water partition coefficient (Wildman–Crippen LogP) is -3.97. The lowest BCUT2D eigenvalue weighted by Crippen LogP contribution is -2.64. The molecular formula is C20H39N3O9. The van der Waals surface area contributed by atoms with Crippen molar-refractivity contribution in [2.24, 2.45) is 0 Å². The molecule has 0 aromatic carbocycles. The maximum absolute atomic E-state index is 12.9. The minimum Gasteiger partial charge on any atom is -0.394 e. The van der Waals surface area contributed by atoms with Gasteiger partial charge in [-0.25, -0.2) is 0 Å². The Balaban J connectivity index is 2.90. The van der Waals surface area contributed by atoms with Crippen LogP contribution in [0.4, 0.5) is 0 Å². The van der Waals surface area contributed by atoms with Crippen LogP contribution in [0.5, 0.6) is 0 Å². The highest BCUT2D eigenvalue weighted by atomic mass is 16.4. The number of carbonyl (C=O) groups is 2. The minimum atomic E-state index is -1.88. The summed E-state index contributed by atoms with van der Waals surface area (Å²) in [5, 5.41) is 72.4. The van der Waals surface area contributed by atoms with Crippen LogP contribution in [0, 0.1) is 0 Å². The number of piperidine rings is 1. The second-order valence-corrected chi connectivity index (χ2v) is 9.76. The van der Waals surface area contributed by atoms with Crippen LogP contribution in [0.25, 0.3) is 0 Å². The smallest absolute Gasteiger partial charge is 0.312 e. The fourth-order valence-electron chi connectivity index (χ4n) is 4.26. The topological polar surface area (TPSA) is 203 Å². The van der Waals surface area contributed by atoms with E-state index in [0.29, 0.717) is 12.8 Å². The first kappa shape index (κ1) is 28.7. The molecule has 5 atom stereocenters. The fraction of sp³-hybridized carbons (Fsp3) is 0.900. The average molecular weight is 466 g/mol. The summed E-state index contributed by atoms with van der Waals surface area (Å²) in [6, 6.07) is -0.419. The fourth-order valence-corrected chi connectivity index (χ4v) is 4.26. The van der Waals surface area contributed by atoms with Crippen LogP contribution in [0.15, 0.2) is 0 Å². The highest BCUT2D eigenvalue weighted by molar-refractivity contribution is 6.35. The van der Waals surface area contributed by atoms with Gasteiger partial charge in [0.05, 0.1) is 25.4 Å². The van der Waals surface area contributed by atoms with E-state index in [0.717, 1.165) is 0 Å². The number of amides is 2. The number of aliphatic hydroxyl groups excluding tert-OH is 7. The molecule has 0 aromatic rings. The molecule has 5 unspecified atom stereocenters. The van der Waals surface area contributed by atoms with E-state index in [2.05, 4.69) is 10.6 Å². The highest BCUT2D eigenvalue weighted by Crippen LogP contribution is 2.31. The Morgan fingerprint density at radius 2 is 1.44 bits per heavy atom. The van der Waals surface area contributed by atoms with Crippen molar-refractivity contribution in [1.82, 2.24) is 15.5 Å². The van der Waals surface area contributed by atoms with Crippen LogP contribution in [-0.4, -0.2) is 126 Å². The van der Waals surface area contributed by atoms with Crippen LogP contribution in [0.3, 0.4) is 0 Å². The van der Waals surface area contributed by atoms with E-state index in [1.54, 1.807) is 0 Å². The number of aliphatic hydroxyl groups is 7. The zero-order chi connectivity index (χ0) is 24.9. The van der Waals surface area contributed by atoms with Gasteiger partial charge in [0.15, 0.2) is 0 Å². The summed E-state index contributed by atoms with van der Waals surface area (Å²) in [5.41, 5.74) is -0.731. The largest absolute Gasteiger partial charge is 0.394 e. The molecule has 0 radical (unpaired) electrons. The van der Waals surface area contributed by atoms with E-state index < -0.39 is 68.1 Å². The molecule has 1 saturated heterocycles. The zero-order valence-electron chi connectivity index (χ0n) is 19.1. The quantitative estimate of drug-likeness (QED) is 0.143. The lowest BCUT2D eigenvalue weighted by Gasteiger charge is -2.49. The Morgan fingerprint density at radius 3 is 1.91 bits per heavy atom. The highest BCUT2D eigenvalue weighted by Gasteiger charge is 2.42. The van der Waals surface area contributed by atoms with Crippen molar-refractivity contribution in [3.63, 3.8) is 0 Å². The molecule has 0 aromatic heterocycles. The molecule has 9 N–H and O–H groups in total. The van der Waals surface area contributed by atoms with Crippen molar-refractivity contribution in [1.29, 1.82) is 0 Å². The molecule has 1 fully saturated rings. The Kier molecular flexibility index (Phi) is 10.4. The van der Waals surface area contributed by atoms with Gasteiger partial charge in [-0.1, -0.05) is 0 Å².